The smallest absolute Gasteiger partial charge is 0.303 e. The van der Waals surface area contributed by atoms with Gasteiger partial charge in [0.15, 0.2) is 0 Å². The van der Waals surface area contributed by atoms with Crippen LogP contribution < -0.4 is 0 Å². The van der Waals surface area contributed by atoms with Crippen LogP contribution in [-0.2, 0) is 4.79 Å². The van der Waals surface area contributed by atoms with Gasteiger partial charge in [-0.15, -0.1) is 0 Å². The van der Waals surface area contributed by atoms with Crippen molar-refractivity contribution in [3.05, 3.63) is 12.2 Å². The lowest BCUT2D eigenvalue weighted by atomic mass is 10.0. The minimum Gasteiger partial charge on any atom is -0.481 e. The molecule has 0 spiro atoms. The first kappa shape index (κ1) is 23.2. The van der Waals surface area contributed by atoms with Crippen LogP contribution in [-0.4, -0.2) is 11.1 Å². The molecule has 0 atom stereocenters. The van der Waals surface area contributed by atoms with Crippen LogP contribution in [0, 0.1) is 0 Å². The van der Waals surface area contributed by atoms with Gasteiger partial charge in [0.2, 0.25) is 0 Å². The highest BCUT2D eigenvalue weighted by Crippen LogP contribution is 2.13. The molecule has 0 heterocycles. The van der Waals surface area contributed by atoms with E-state index in [1.165, 1.54) is 89.9 Å². The topological polar surface area (TPSA) is 37.3 Å². The third-order valence-corrected chi connectivity index (χ3v) is 4.65. The third kappa shape index (κ3) is 21.2. The number of carboxylic acids is 1. The summed E-state index contributed by atoms with van der Waals surface area (Å²) in [5.41, 5.74) is 0. The molecule has 0 aromatic rings. The van der Waals surface area contributed by atoms with Crippen molar-refractivity contribution in [2.75, 3.05) is 0 Å². The second-order valence-corrected chi connectivity index (χ2v) is 7.14. The Morgan fingerprint density at radius 2 is 1.00 bits per heavy atom. The normalized spacial score (nSPS) is 11.4. The first-order valence-electron chi connectivity index (χ1n) is 10.6. The molecule has 2 heteroatoms. The van der Waals surface area contributed by atoms with Gasteiger partial charge in [0.25, 0.3) is 0 Å². The van der Waals surface area contributed by atoms with E-state index >= 15 is 0 Å². The van der Waals surface area contributed by atoms with Crippen molar-refractivity contribution in [1.29, 1.82) is 0 Å². The van der Waals surface area contributed by atoms with Crippen LogP contribution >= 0.6 is 0 Å². The van der Waals surface area contributed by atoms with E-state index in [2.05, 4.69) is 19.1 Å². The van der Waals surface area contributed by atoms with Crippen LogP contribution in [0.15, 0.2) is 12.2 Å². The highest BCUT2D eigenvalue weighted by atomic mass is 16.4. The first-order chi connectivity index (χ1) is 11.8. The monoisotopic (exact) mass is 338 g/mol. The van der Waals surface area contributed by atoms with E-state index in [0.29, 0.717) is 6.42 Å². The zero-order chi connectivity index (χ0) is 17.7. The average Bonchev–Trinajstić information content (AvgIpc) is 2.56. The molecule has 24 heavy (non-hydrogen) atoms. The third-order valence-electron chi connectivity index (χ3n) is 4.65. The molecular formula is C22H42O2. The molecule has 0 saturated carbocycles. The summed E-state index contributed by atoms with van der Waals surface area (Å²) in [6.07, 6.45) is 27.2. The van der Waals surface area contributed by atoms with Gasteiger partial charge in [-0.3, -0.25) is 4.79 Å². The largest absolute Gasteiger partial charge is 0.481 e. The van der Waals surface area contributed by atoms with Crippen molar-refractivity contribution in [3.8, 4) is 0 Å². The standard InChI is InChI=1S/C22H42O2/c1-2-3-4-5-6-7-8-9-10-11-12-13-14-15-16-17-18-19-20-21-22(23)24/h17-18H,2-16,19-21H2,1H3,(H,23,24). The van der Waals surface area contributed by atoms with E-state index in [1.807, 2.05) is 0 Å². The lowest BCUT2D eigenvalue weighted by Gasteiger charge is -2.02. The van der Waals surface area contributed by atoms with Gasteiger partial charge in [0.05, 0.1) is 0 Å². The van der Waals surface area contributed by atoms with Crippen LogP contribution in [0.5, 0.6) is 0 Å². The second kappa shape index (κ2) is 20.3. The summed E-state index contributed by atoms with van der Waals surface area (Å²) in [7, 11) is 0. The molecule has 0 saturated heterocycles. The Morgan fingerprint density at radius 1 is 0.625 bits per heavy atom. The Balaban J connectivity index is 3.05. The molecule has 0 fully saturated rings. The molecule has 0 amide bonds. The predicted octanol–water partition coefficient (Wildman–Crippen LogP) is 7.67. The lowest BCUT2D eigenvalue weighted by molar-refractivity contribution is -0.137. The summed E-state index contributed by atoms with van der Waals surface area (Å²) >= 11 is 0. The number of carboxylic acid groups (broad SMARTS) is 1. The molecule has 0 radical (unpaired) electrons. The van der Waals surface area contributed by atoms with Crippen molar-refractivity contribution in [2.24, 2.45) is 0 Å². The van der Waals surface area contributed by atoms with Gasteiger partial charge >= 0.3 is 5.97 Å². The average molecular weight is 339 g/mol. The fraction of sp³-hybridized carbons (Fsp3) is 0.864. The minimum atomic E-state index is -0.685. The molecule has 0 rings (SSSR count). The number of hydrogen-bond acceptors (Lipinski definition) is 1. The molecule has 142 valence electrons. The molecular weight excluding hydrogens is 296 g/mol. The van der Waals surface area contributed by atoms with Gasteiger partial charge in [-0.25, -0.2) is 0 Å². The summed E-state index contributed by atoms with van der Waals surface area (Å²) in [6, 6.07) is 0. The van der Waals surface area contributed by atoms with Gasteiger partial charge in [0.1, 0.15) is 0 Å². The van der Waals surface area contributed by atoms with Gasteiger partial charge in [0, 0.05) is 6.42 Å². The van der Waals surface area contributed by atoms with Gasteiger partial charge in [-0.05, 0) is 25.7 Å². The Bertz CT molecular complexity index is 284. The number of carbonyl (C=O) groups is 1. The number of rotatable bonds is 19. The summed E-state index contributed by atoms with van der Waals surface area (Å²) in [4.78, 5) is 10.4. The van der Waals surface area contributed by atoms with E-state index in [9.17, 15) is 4.79 Å². The molecule has 0 bridgehead atoms. The van der Waals surface area contributed by atoms with Crippen LogP contribution in [0.2, 0.25) is 0 Å². The Labute approximate surface area is 151 Å². The van der Waals surface area contributed by atoms with Crippen LogP contribution in [0.3, 0.4) is 0 Å². The van der Waals surface area contributed by atoms with Gasteiger partial charge < -0.3 is 5.11 Å². The summed E-state index contributed by atoms with van der Waals surface area (Å²) in [6.45, 7) is 2.28. The quantitative estimate of drug-likeness (QED) is 0.194. The van der Waals surface area contributed by atoms with Gasteiger partial charge in [-0.2, -0.15) is 0 Å². The predicted molar refractivity (Wildman–Crippen MR) is 106 cm³/mol. The SMILES string of the molecule is CCCCCCCCCCCCCCCCC=CCCCC(=O)O. The summed E-state index contributed by atoms with van der Waals surface area (Å²) in [5.74, 6) is -0.685. The van der Waals surface area contributed by atoms with Crippen molar-refractivity contribution >= 4 is 5.97 Å². The van der Waals surface area contributed by atoms with E-state index in [4.69, 9.17) is 5.11 Å². The maximum atomic E-state index is 10.4. The van der Waals surface area contributed by atoms with Crippen LogP contribution in [0.25, 0.3) is 0 Å². The number of aliphatic carboxylic acids is 1. The van der Waals surface area contributed by atoms with E-state index in [0.717, 1.165) is 19.3 Å². The maximum absolute atomic E-state index is 10.4. The Kier molecular flexibility index (Phi) is 19.6. The second-order valence-electron chi connectivity index (χ2n) is 7.14. The molecule has 0 aliphatic carbocycles. The molecule has 0 aromatic carbocycles. The Hall–Kier alpha value is -0.790. The molecule has 1 N–H and O–H groups in total. The highest BCUT2D eigenvalue weighted by Gasteiger charge is 1.94. The maximum Gasteiger partial charge on any atom is 0.303 e. The highest BCUT2D eigenvalue weighted by molar-refractivity contribution is 5.66. The molecule has 0 aliphatic rings. The molecule has 0 aromatic heterocycles. The molecule has 0 aliphatic heterocycles. The fourth-order valence-electron chi connectivity index (χ4n) is 3.06. The Morgan fingerprint density at radius 3 is 1.42 bits per heavy atom. The first-order valence-corrected chi connectivity index (χ1v) is 10.6. The van der Waals surface area contributed by atoms with E-state index in [-0.39, 0.29) is 0 Å². The zero-order valence-corrected chi connectivity index (χ0v) is 16.2. The van der Waals surface area contributed by atoms with Crippen molar-refractivity contribution < 1.29 is 9.90 Å². The van der Waals surface area contributed by atoms with Crippen molar-refractivity contribution in [1.82, 2.24) is 0 Å². The van der Waals surface area contributed by atoms with E-state index < -0.39 is 5.97 Å². The summed E-state index contributed by atoms with van der Waals surface area (Å²) < 4.78 is 0. The van der Waals surface area contributed by atoms with Crippen LogP contribution in [0.1, 0.15) is 122 Å². The van der Waals surface area contributed by atoms with Crippen molar-refractivity contribution in [3.63, 3.8) is 0 Å². The minimum absolute atomic E-state index is 0.295. The van der Waals surface area contributed by atoms with E-state index in [1.54, 1.807) is 0 Å². The number of unbranched alkanes of at least 4 members (excludes halogenated alkanes) is 15. The number of allylic oxidation sites excluding steroid dienone is 2. The molecule has 2 nitrogen and oxygen atoms in total. The zero-order valence-electron chi connectivity index (χ0n) is 16.2. The molecule has 0 unspecified atom stereocenters. The number of hydrogen-bond donors (Lipinski definition) is 1. The van der Waals surface area contributed by atoms with Crippen molar-refractivity contribution in [2.45, 2.75) is 122 Å². The lowest BCUT2D eigenvalue weighted by Crippen LogP contribution is -1.92. The van der Waals surface area contributed by atoms with Crippen LogP contribution in [0.4, 0.5) is 0 Å². The van der Waals surface area contributed by atoms with Gasteiger partial charge in [-0.1, -0.05) is 103 Å². The summed E-state index contributed by atoms with van der Waals surface area (Å²) in [5, 5.41) is 8.53. The fourth-order valence-corrected chi connectivity index (χ4v) is 3.06.